The van der Waals surface area contributed by atoms with E-state index in [0.29, 0.717) is 13.1 Å². The van der Waals surface area contributed by atoms with E-state index in [1.165, 1.54) is 13.2 Å². The summed E-state index contributed by atoms with van der Waals surface area (Å²) in [5, 5.41) is 12.3. The van der Waals surface area contributed by atoms with Crippen LogP contribution in [0.3, 0.4) is 0 Å². The molecule has 1 N–H and O–H groups in total. The third-order valence-electron chi connectivity index (χ3n) is 4.70. The number of nitrogens with one attached hydrogen (secondary N) is 1. The van der Waals surface area contributed by atoms with Crippen molar-refractivity contribution in [2.24, 2.45) is 0 Å². The first-order chi connectivity index (χ1) is 12.2. The maximum absolute atomic E-state index is 14.2. The van der Waals surface area contributed by atoms with Crippen molar-refractivity contribution in [3.8, 4) is 5.75 Å². The highest BCUT2D eigenvalue weighted by Gasteiger charge is 2.36. The number of ether oxygens (including phenoxy) is 2. The fourth-order valence-corrected chi connectivity index (χ4v) is 3.43. The maximum atomic E-state index is 14.2. The quantitative estimate of drug-likeness (QED) is 0.782. The van der Waals surface area contributed by atoms with Crippen molar-refractivity contribution in [1.82, 2.24) is 20.4 Å². The predicted molar refractivity (Wildman–Crippen MR) is 90.4 cm³/mol. The molecule has 7 nitrogen and oxygen atoms in total. The number of methoxy groups -OCH3 is 2. The Morgan fingerprint density at radius 3 is 2.88 bits per heavy atom. The summed E-state index contributed by atoms with van der Waals surface area (Å²) in [5.41, 5.74) is 0.849. The highest BCUT2D eigenvalue weighted by atomic mass is 19.1. The van der Waals surface area contributed by atoms with Gasteiger partial charge in [0.25, 0.3) is 0 Å². The molecule has 25 heavy (non-hydrogen) atoms. The van der Waals surface area contributed by atoms with Crippen LogP contribution in [0, 0.1) is 5.82 Å². The molecule has 1 saturated heterocycles. The van der Waals surface area contributed by atoms with E-state index >= 15 is 0 Å². The Hall–Kier alpha value is -2.74. The highest BCUT2D eigenvalue weighted by molar-refractivity contribution is 5.93. The smallest absolute Gasteiger partial charge is 0.165 e. The third-order valence-corrected chi connectivity index (χ3v) is 4.70. The summed E-state index contributed by atoms with van der Waals surface area (Å²) in [6.45, 7) is 1.32. The Balaban J connectivity index is 1.73. The van der Waals surface area contributed by atoms with Gasteiger partial charge >= 0.3 is 0 Å². The molecule has 4 rings (SSSR count). The Labute approximate surface area is 143 Å². The first kappa shape index (κ1) is 15.8. The largest absolute Gasteiger partial charge is 0.494 e. The standard InChI is InChI=1S/C17H18FN5O2/c1-24-15-5-10-3-4-19-17(11(10)6-13(15)18)23-8-12(16(9-23)25-2)14-7-20-22-21-14/h3-7,12,16H,8-9H2,1-2H3,(H,20,21,22)/t12-,16+/m0/s1. The zero-order chi connectivity index (χ0) is 17.4. The van der Waals surface area contributed by atoms with Crippen LogP contribution in [-0.4, -0.2) is 53.8 Å². The summed E-state index contributed by atoms with van der Waals surface area (Å²) < 4.78 is 24.9. The number of hydrogen-bond acceptors (Lipinski definition) is 6. The molecule has 1 fully saturated rings. The van der Waals surface area contributed by atoms with Crippen LogP contribution in [0.15, 0.2) is 30.6 Å². The molecule has 0 spiro atoms. The normalized spacial score (nSPS) is 20.4. The van der Waals surface area contributed by atoms with Gasteiger partial charge in [-0.25, -0.2) is 9.37 Å². The van der Waals surface area contributed by atoms with Crippen molar-refractivity contribution in [2.45, 2.75) is 12.0 Å². The van der Waals surface area contributed by atoms with Crippen LogP contribution in [-0.2, 0) is 4.74 Å². The van der Waals surface area contributed by atoms with Crippen LogP contribution in [0.4, 0.5) is 10.2 Å². The minimum atomic E-state index is -0.403. The van der Waals surface area contributed by atoms with E-state index < -0.39 is 5.82 Å². The van der Waals surface area contributed by atoms with Gasteiger partial charge in [0.15, 0.2) is 11.6 Å². The average Bonchev–Trinajstić information content (AvgIpc) is 3.29. The summed E-state index contributed by atoms with van der Waals surface area (Å²) in [7, 11) is 3.14. The lowest BCUT2D eigenvalue weighted by Crippen LogP contribution is -2.23. The molecule has 0 radical (unpaired) electrons. The van der Waals surface area contributed by atoms with Crippen molar-refractivity contribution in [3.63, 3.8) is 0 Å². The van der Waals surface area contributed by atoms with Crippen LogP contribution < -0.4 is 9.64 Å². The van der Waals surface area contributed by atoms with E-state index in [-0.39, 0.29) is 17.8 Å². The number of fused-ring (bicyclic) bond motifs is 1. The topological polar surface area (TPSA) is 76.2 Å². The molecule has 2 atom stereocenters. The number of aromatic amines is 1. The fourth-order valence-electron chi connectivity index (χ4n) is 3.43. The monoisotopic (exact) mass is 343 g/mol. The molecule has 0 amide bonds. The molecule has 1 aliphatic heterocycles. The molecule has 0 unspecified atom stereocenters. The Kier molecular flexibility index (Phi) is 3.96. The molecule has 0 aliphatic carbocycles. The van der Waals surface area contributed by atoms with E-state index in [1.54, 1.807) is 25.6 Å². The number of benzene rings is 1. The van der Waals surface area contributed by atoms with Crippen molar-refractivity contribution in [2.75, 3.05) is 32.2 Å². The SMILES string of the molecule is COc1cc2ccnc(N3C[C@@H](OC)[C@H](c4cn[nH]n4)C3)c2cc1F. The van der Waals surface area contributed by atoms with Crippen molar-refractivity contribution < 1.29 is 13.9 Å². The minimum absolute atomic E-state index is 0.0368. The Morgan fingerprint density at radius 2 is 2.16 bits per heavy atom. The average molecular weight is 343 g/mol. The van der Waals surface area contributed by atoms with Gasteiger partial charge in [-0.3, -0.25) is 0 Å². The number of rotatable bonds is 4. The second-order valence-electron chi connectivity index (χ2n) is 6.02. The zero-order valence-electron chi connectivity index (χ0n) is 13.9. The number of hydrogen-bond donors (Lipinski definition) is 1. The number of nitrogens with zero attached hydrogens (tertiary/aromatic N) is 4. The number of H-pyrrole nitrogens is 1. The van der Waals surface area contributed by atoms with Gasteiger partial charge in [0.05, 0.1) is 31.0 Å². The number of halogens is 1. The number of pyridine rings is 1. The summed E-state index contributed by atoms with van der Waals surface area (Å²) in [5.74, 6) is 0.622. The first-order valence-corrected chi connectivity index (χ1v) is 7.97. The molecular formula is C17H18FN5O2. The first-order valence-electron chi connectivity index (χ1n) is 7.97. The number of anilines is 1. The van der Waals surface area contributed by atoms with Crippen LogP contribution >= 0.6 is 0 Å². The fraction of sp³-hybridized carbons (Fsp3) is 0.353. The van der Waals surface area contributed by atoms with Crippen molar-refractivity contribution in [1.29, 1.82) is 0 Å². The van der Waals surface area contributed by atoms with Gasteiger partial charge in [-0.15, -0.1) is 0 Å². The minimum Gasteiger partial charge on any atom is -0.494 e. The van der Waals surface area contributed by atoms with Gasteiger partial charge < -0.3 is 14.4 Å². The van der Waals surface area contributed by atoms with Crippen molar-refractivity contribution in [3.05, 3.63) is 42.1 Å². The maximum Gasteiger partial charge on any atom is 0.165 e. The van der Waals surface area contributed by atoms with Gasteiger partial charge in [-0.2, -0.15) is 15.4 Å². The van der Waals surface area contributed by atoms with Crippen LogP contribution in [0.5, 0.6) is 5.75 Å². The van der Waals surface area contributed by atoms with Crippen LogP contribution in [0.2, 0.25) is 0 Å². The van der Waals surface area contributed by atoms with Gasteiger partial charge in [0.1, 0.15) is 5.82 Å². The molecule has 2 aromatic heterocycles. The highest BCUT2D eigenvalue weighted by Crippen LogP contribution is 2.35. The second kappa shape index (κ2) is 6.29. The molecule has 0 saturated carbocycles. The van der Waals surface area contributed by atoms with E-state index in [2.05, 4.69) is 25.3 Å². The lowest BCUT2D eigenvalue weighted by Gasteiger charge is -2.19. The summed E-state index contributed by atoms with van der Waals surface area (Å²) in [6, 6.07) is 5.01. The molecule has 130 valence electrons. The Bertz CT molecular complexity index is 886. The van der Waals surface area contributed by atoms with E-state index in [1.807, 2.05) is 6.07 Å². The van der Waals surface area contributed by atoms with Crippen molar-refractivity contribution >= 4 is 16.6 Å². The van der Waals surface area contributed by atoms with E-state index in [9.17, 15) is 4.39 Å². The van der Waals surface area contributed by atoms with Gasteiger partial charge in [-0.05, 0) is 23.6 Å². The number of aromatic nitrogens is 4. The molecule has 1 aliphatic rings. The summed E-state index contributed by atoms with van der Waals surface area (Å²) in [4.78, 5) is 6.59. The second-order valence-corrected chi connectivity index (χ2v) is 6.02. The van der Waals surface area contributed by atoms with Crippen LogP contribution in [0.25, 0.3) is 10.8 Å². The van der Waals surface area contributed by atoms with Crippen LogP contribution in [0.1, 0.15) is 11.6 Å². The van der Waals surface area contributed by atoms with Gasteiger partial charge in [0.2, 0.25) is 0 Å². The Morgan fingerprint density at radius 1 is 1.28 bits per heavy atom. The van der Waals surface area contributed by atoms with Gasteiger partial charge in [-0.1, -0.05) is 0 Å². The molecule has 3 aromatic rings. The summed E-state index contributed by atoms with van der Waals surface area (Å²) in [6.07, 6.45) is 3.40. The van der Waals surface area contributed by atoms with E-state index in [4.69, 9.17) is 9.47 Å². The predicted octanol–water partition coefficient (Wildman–Crippen LogP) is 2.12. The third kappa shape index (κ3) is 2.68. The molecular weight excluding hydrogens is 325 g/mol. The summed E-state index contributed by atoms with van der Waals surface area (Å²) >= 11 is 0. The van der Waals surface area contributed by atoms with Gasteiger partial charge in [0, 0.05) is 31.8 Å². The molecule has 8 heteroatoms. The molecule has 3 heterocycles. The molecule has 1 aromatic carbocycles. The lowest BCUT2D eigenvalue weighted by atomic mass is 10.0. The molecule has 0 bridgehead atoms. The zero-order valence-corrected chi connectivity index (χ0v) is 13.9. The van der Waals surface area contributed by atoms with E-state index in [0.717, 1.165) is 22.3 Å². The lowest BCUT2D eigenvalue weighted by molar-refractivity contribution is 0.105.